The van der Waals surface area contributed by atoms with Crippen LogP contribution >= 0.6 is 11.3 Å². The molecule has 0 saturated heterocycles. The number of hydrogen-bond acceptors (Lipinski definition) is 5. The van der Waals surface area contributed by atoms with Crippen molar-refractivity contribution < 1.29 is 9.40 Å². The molecule has 1 aromatic carbocycles. The van der Waals surface area contributed by atoms with E-state index in [1.54, 1.807) is 11.3 Å². The molecule has 6 heteroatoms. The SMILES string of the molecule is CCON1CCCc2cc(N=Nc3scc[n+]3CC)ccc21. The monoisotopic (exact) mass is 317 g/mol. The summed E-state index contributed by atoms with van der Waals surface area (Å²) >= 11 is 1.60. The number of hydroxylamine groups is 1. The average molecular weight is 317 g/mol. The van der Waals surface area contributed by atoms with Gasteiger partial charge in [-0.2, -0.15) is 0 Å². The van der Waals surface area contributed by atoms with Crippen molar-refractivity contribution in [1.82, 2.24) is 0 Å². The molecule has 0 saturated carbocycles. The fraction of sp³-hybridized carbons (Fsp3) is 0.438. The van der Waals surface area contributed by atoms with Gasteiger partial charge in [-0.25, -0.2) is 4.57 Å². The zero-order valence-corrected chi connectivity index (χ0v) is 13.8. The maximum absolute atomic E-state index is 5.68. The Morgan fingerprint density at radius 1 is 1.32 bits per heavy atom. The van der Waals surface area contributed by atoms with Crippen molar-refractivity contribution in [1.29, 1.82) is 0 Å². The maximum atomic E-state index is 5.68. The topological polar surface area (TPSA) is 41.1 Å². The Morgan fingerprint density at radius 2 is 2.23 bits per heavy atom. The molecule has 2 heterocycles. The standard InChI is InChI=1S/C16H21N4OS/c1-3-19-10-11-22-16(19)18-17-14-7-8-15-13(12-14)6-5-9-20(15)21-4-2/h7-8,10-12H,3-6,9H2,1-2H3/q+1. The van der Waals surface area contributed by atoms with Crippen LogP contribution < -0.4 is 9.63 Å². The Bertz CT molecular complexity index is 668. The Hall–Kier alpha value is -1.79. The molecular formula is C16H21N4OS+. The molecule has 1 aliphatic heterocycles. The normalized spacial score (nSPS) is 14.5. The van der Waals surface area contributed by atoms with Crippen LogP contribution in [0.3, 0.4) is 0 Å². The summed E-state index contributed by atoms with van der Waals surface area (Å²) in [7, 11) is 0. The van der Waals surface area contributed by atoms with Crippen molar-refractivity contribution >= 4 is 27.8 Å². The van der Waals surface area contributed by atoms with E-state index in [-0.39, 0.29) is 0 Å². The van der Waals surface area contributed by atoms with Crippen LogP contribution in [0.5, 0.6) is 0 Å². The second kappa shape index (κ2) is 6.98. The lowest BCUT2D eigenvalue weighted by Gasteiger charge is -2.29. The molecule has 1 aliphatic rings. The molecule has 0 unspecified atom stereocenters. The Labute approximate surface area is 134 Å². The minimum Gasteiger partial charge on any atom is -0.274 e. The van der Waals surface area contributed by atoms with Crippen molar-refractivity contribution in [2.24, 2.45) is 10.2 Å². The molecule has 0 aliphatic carbocycles. The first kappa shape index (κ1) is 15.1. The Balaban J connectivity index is 1.81. The number of rotatable bonds is 5. The van der Waals surface area contributed by atoms with E-state index < -0.39 is 0 Å². The van der Waals surface area contributed by atoms with E-state index >= 15 is 0 Å². The zero-order chi connectivity index (χ0) is 15.4. The third-order valence-electron chi connectivity index (χ3n) is 3.68. The fourth-order valence-corrected chi connectivity index (χ4v) is 3.36. The summed E-state index contributed by atoms with van der Waals surface area (Å²) in [5.41, 5.74) is 3.34. The molecule has 0 radical (unpaired) electrons. The Kier molecular flexibility index (Phi) is 4.80. The molecule has 0 bridgehead atoms. The summed E-state index contributed by atoms with van der Waals surface area (Å²) in [5.74, 6) is 0. The van der Waals surface area contributed by atoms with Gasteiger partial charge >= 0.3 is 5.13 Å². The minimum atomic E-state index is 0.691. The van der Waals surface area contributed by atoms with Gasteiger partial charge < -0.3 is 0 Å². The van der Waals surface area contributed by atoms with Crippen molar-refractivity contribution in [3.8, 4) is 0 Å². The van der Waals surface area contributed by atoms with Crippen molar-refractivity contribution in [2.45, 2.75) is 33.2 Å². The lowest BCUT2D eigenvalue weighted by molar-refractivity contribution is -0.676. The lowest BCUT2D eigenvalue weighted by Crippen LogP contribution is -2.29. The number of aromatic nitrogens is 1. The molecule has 3 rings (SSSR count). The van der Waals surface area contributed by atoms with Gasteiger partial charge in [-0.05, 0) is 66.9 Å². The highest BCUT2D eigenvalue weighted by Gasteiger charge is 2.18. The number of anilines is 1. The maximum Gasteiger partial charge on any atom is 0.408 e. The smallest absolute Gasteiger partial charge is 0.274 e. The molecule has 22 heavy (non-hydrogen) atoms. The van der Waals surface area contributed by atoms with E-state index in [0.29, 0.717) is 6.61 Å². The summed E-state index contributed by atoms with van der Waals surface area (Å²) in [6.45, 7) is 6.67. The first-order valence-corrected chi connectivity index (χ1v) is 8.61. The van der Waals surface area contributed by atoms with Gasteiger partial charge in [0.1, 0.15) is 11.9 Å². The first-order chi connectivity index (χ1) is 10.8. The second-order valence-electron chi connectivity index (χ2n) is 5.11. The molecule has 1 aromatic heterocycles. The number of benzene rings is 1. The van der Waals surface area contributed by atoms with Crippen LogP contribution in [-0.2, 0) is 17.8 Å². The summed E-state index contributed by atoms with van der Waals surface area (Å²) in [6, 6.07) is 6.21. The number of aryl methyl sites for hydroxylation is 2. The van der Waals surface area contributed by atoms with Crippen LogP contribution in [0, 0.1) is 0 Å². The molecule has 116 valence electrons. The van der Waals surface area contributed by atoms with Gasteiger partial charge in [-0.15, -0.1) is 0 Å². The number of fused-ring (bicyclic) bond motifs is 1. The van der Waals surface area contributed by atoms with E-state index in [1.807, 2.05) is 29.6 Å². The van der Waals surface area contributed by atoms with E-state index in [0.717, 1.165) is 42.4 Å². The quantitative estimate of drug-likeness (QED) is 0.613. The van der Waals surface area contributed by atoms with Crippen LogP contribution in [0.2, 0.25) is 0 Å². The molecule has 0 atom stereocenters. The van der Waals surface area contributed by atoms with Gasteiger partial charge in [0.25, 0.3) is 0 Å². The van der Waals surface area contributed by atoms with Crippen molar-refractivity contribution in [3.05, 3.63) is 35.3 Å². The van der Waals surface area contributed by atoms with Crippen LogP contribution in [-0.4, -0.2) is 13.2 Å². The van der Waals surface area contributed by atoms with Gasteiger partial charge in [0.15, 0.2) is 0 Å². The summed E-state index contributed by atoms with van der Waals surface area (Å²) in [4.78, 5) is 5.68. The molecule has 0 fully saturated rings. The van der Waals surface area contributed by atoms with Crippen LogP contribution in [0.4, 0.5) is 16.5 Å². The minimum absolute atomic E-state index is 0.691. The molecule has 0 N–H and O–H groups in total. The fourth-order valence-electron chi connectivity index (χ4n) is 2.62. The van der Waals surface area contributed by atoms with Gasteiger partial charge in [0.2, 0.25) is 0 Å². The highest BCUT2D eigenvalue weighted by molar-refractivity contribution is 7.12. The summed E-state index contributed by atoms with van der Waals surface area (Å²) < 4.78 is 2.09. The van der Waals surface area contributed by atoms with E-state index in [9.17, 15) is 0 Å². The average Bonchev–Trinajstić information content (AvgIpc) is 3.01. The van der Waals surface area contributed by atoms with E-state index in [1.165, 1.54) is 5.56 Å². The summed E-state index contributed by atoms with van der Waals surface area (Å²) in [5, 5.41) is 13.7. The molecular weight excluding hydrogens is 296 g/mol. The van der Waals surface area contributed by atoms with Crippen molar-refractivity contribution in [3.63, 3.8) is 0 Å². The third kappa shape index (κ3) is 3.18. The number of azo groups is 1. The zero-order valence-electron chi connectivity index (χ0n) is 13.0. The molecule has 0 amide bonds. The van der Waals surface area contributed by atoms with Crippen molar-refractivity contribution in [2.75, 3.05) is 18.2 Å². The number of hydrogen-bond donors (Lipinski definition) is 0. The van der Waals surface area contributed by atoms with E-state index in [2.05, 4.69) is 33.9 Å². The van der Waals surface area contributed by atoms with Gasteiger partial charge in [-0.3, -0.25) is 9.90 Å². The van der Waals surface area contributed by atoms with Gasteiger partial charge in [0, 0.05) is 11.9 Å². The highest BCUT2D eigenvalue weighted by Crippen LogP contribution is 2.31. The van der Waals surface area contributed by atoms with Gasteiger partial charge in [0.05, 0.1) is 24.0 Å². The van der Waals surface area contributed by atoms with Gasteiger partial charge in [-0.1, -0.05) is 0 Å². The van der Waals surface area contributed by atoms with Crippen LogP contribution in [0.1, 0.15) is 25.8 Å². The first-order valence-electron chi connectivity index (χ1n) is 7.74. The van der Waals surface area contributed by atoms with Crippen LogP contribution in [0.15, 0.2) is 40.0 Å². The lowest BCUT2D eigenvalue weighted by atomic mass is 10.0. The number of nitrogens with zero attached hydrogens (tertiary/aromatic N) is 4. The third-order valence-corrected chi connectivity index (χ3v) is 4.46. The summed E-state index contributed by atoms with van der Waals surface area (Å²) in [6.07, 6.45) is 4.20. The molecule has 0 spiro atoms. The van der Waals surface area contributed by atoms with Crippen LogP contribution in [0.25, 0.3) is 0 Å². The van der Waals surface area contributed by atoms with E-state index in [4.69, 9.17) is 4.84 Å². The Morgan fingerprint density at radius 3 is 3.05 bits per heavy atom. The predicted octanol–water partition coefficient (Wildman–Crippen LogP) is 4.18. The largest absolute Gasteiger partial charge is 0.408 e. The second-order valence-corrected chi connectivity index (χ2v) is 5.98. The highest BCUT2D eigenvalue weighted by atomic mass is 32.1. The predicted molar refractivity (Wildman–Crippen MR) is 88.1 cm³/mol. The molecule has 5 nitrogen and oxygen atoms in total. The number of thiazole rings is 1. The molecule has 2 aromatic rings.